The van der Waals surface area contributed by atoms with Gasteiger partial charge < -0.3 is 0 Å². The van der Waals surface area contributed by atoms with Crippen LogP contribution in [-0.2, 0) is 0 Å². The van der Waals surface area contributed by atoms with E-state index < -0.39 is 0 Å². The van der Waals surface area contributed by atoms with E-state index in [0.717, 1.165) is 5.56 Å². The van der Waals surface area contributed by atoms with Crippen LogP contribution in [0.5, 0.6) is 0 Å². The van der Waals surface area contributed by atoms with Gasteiger partial charge in [0.1, 0.15) is 0 Å². The molecule has 0 saturated heterocycles. The number of carbonyl (C=O) groups excluding carboxylic acids is 2. The molecule has 2 aliphatic carbocycles. The van der Waals surface area contributed by atoms with Gasteiger partial charge in [-0.1, -0.05) is 60.7 Å². The lowest BCUT2D eigenvalue weighted by Crippen LogP contribution is -2.38. The van der Waals surface area contributed by atoms with E-state index in [-0.39, 0.29) is 23.4 Å². The van der Waals surface area contributed by atoms with Gasteiger partial charge in [-0.05, 0) is 24.0 Å². The van der Waals surface area contributed by atoms with E-state index in [1.165, 1.54) is 5.57 Å². The van der Waals surface area contributed by atoms with E-state index in [4.69, 9.17) is 0 Å². The molecule has 2 atom stereocenters. The Balaban J connectivity index is 1.73. The number of hydrogen-bond donors (Lipinski definition) is 0. The first-order chi connectivity index (χ1) is 10.8. The normalized spacial score (nSPS) is 23.5. The van der Waals surface area contributed by atoms with Gasteiger partial charge in [0.25, 0.3) is 0 Å². The fraction of sp³-hybridized carbons (Fsp3) is 0.200. The smallest absolute Gasteiger partial charge is 0.167 e. The van der Waals surface area contributed by atoms with Crippen molar-refractivity contribution in [1.29, 1.82) is 0 Å². The maximum absolute atomic E-state index is 12.8. The van der Waals surface area contributed by atoms with Crippen molar-refractivity contribution in [3.8, 4) is 0 Å². The number of rotatable bonds is 1. The molecule has 0 aromatic heterocycles. The Hall–Kier alpha value is -2.48. The summed E-state index contributed by atoms with van der Waals surface area (Å²) in [5.41, 5.74) is 3.54. The molecule has 0 spiro atoms. The minimum absolute atomic E-state index is 0.127. The predicted octanol–water partition coefficient (Wildman–Crippen LogP) is 4.18. The molecule has 2 aliphatic rings. The van der Waals surface area contributed by atoms with Crippen molar-refractivity contribution in [1.82, 2.24) is 0 Å². The first-order valence-corrected chi connectivity index (χ1v) is 7.67. The molecule has 2 nitrogen and oxygen atoms in total. The van der Waals surface area contributed by atoms with Gasteiger partial charge in [0.05, 0.1) is 0 Å². The van der Waals surface area contributed by atoms with Crippen molar-refractivity contribution in [2.45, 2.75) is 12.8 Å². The molecular formula is C20H16O2. The summed E-state index contributed by atoms with van der Waals surface area (Å²) in [5.74, 6) is -0.136. The summed E-state index contributed by atoms with van der Waals surface area (Å²) >= 11 is 0. The zero-order chi connectivity index (χ0) is 15.1. The van der Waals surface area contributed by atoms with E-state index in [0.29, 0.717) is 24.0 Å². The third kappa shape index (κ3) is 1.95. The van der Waals surface area contributed by atoms with Gasteiger partial charge in [-0.3, -0.25) is 9.59 Å². The summed E-state index contributed by atoms with van der Waals surface area (Å²) in [6, 6.07) is 17.4. The van der Waals surface area contributed by atoms with Crippen molar-refractivity contribution in [2.75, 3.05) is 0 Å². The van der Waals surface area contributed by atoms with E-state index >= 15 is 0 Å². The number of carbonyl (C=O) groups is 2. The van der Waals surface area contributed by atoms with Gasteiger partial charge in [0.2, 0.25) is 0 Å². The Labute approximate surface area is 129 Å². The summed E-state index contributed by atoms with van der Waals surface area (Å²) in [5, 5.41) is 0. The Kier molecular flexibility index (Phi) is 3.04. The number of Topliss-reactive ketones (excluding diaryl/α,β-unsaturated/α-hetero) is 2. The molecule has 4 rings (SSSR count). The number of benzene rings is 2. The second-order valence-electron chi connectivity index (χ2n) is 6.02. The van der Waals surface area contributed by atoms with Crippen LogP contribution in [0.1, 0.15) is 39.1 Å². The first kappa shape index (κ1) is 13.2. The summed E-state index contributed by atoms with van der Waals surface area (Å²) < 4.78 is 0. The van der Waals surface area contributed by atoms with E-state index in [2.05, 4.69) is 18.2 Å². The van der Waals surface area contributed by atoms with Crippen molar-refractivity contribution >= 4 is 17.1 Å². The van der Waals surface area contributed by atoms with E-state index in [9.17, 15) is 9.59 Å². The number of allylic oxidation sites excluding steroid dienone is 2. The fourth-order valence-electron chi connectivity index (χ4n) is 3.66. The zero-order valence-electron chi connectivity index (χ0n) is 12.2. The molecule has 0 amide bonds. The largest absolute Gasteiger partial charge is 0.294 e. The lowest BCUT2D eigenvalue weighted by molar-refractivity contribution is 0.0732. The molecular weight excluding hydrogens is 272 g/mol. The molecule has 22 heavy (non-hydrogen) atoms. The Morgan fingerprint density at radius 2 is 1.32 bits per heavy atom. The maximum Gasteiger partial charge on any atom is 0.167 e. The van der Waals surface area contributed by atoms with Gasteiger partial charge in [-0.25, -0.2) is 0 Å². The molecule has 108 valence electrons. The molecule has 0 saturated carbocycles. The van der Waals surface area contributed by atoms with Crippen LogP contribution < -0.4 is 0 Å². The third-order valence-corrected chi connectivity index (χ3v) is 4.82. The quantitative estimate of drug-likeness (QED) is 0.789. The van der Waals surface area contributed by atoms with Gasteiger partial charge in [0.15, 0.2) is 11.6 Å². The van der Waals surface area contributed by atoms with Crippen LogP contribution in [0.4, 0.5) is 0 Å². The highest BCUT2D eigenvalue weighted by Gasteiger charge is 2.42. The molecule has 2 aromatic rings. The summed E-state index contributed by atoms with van der Waals surface area (Å²) in [7, 11) is 0. The van der Waals surface area contributed by atoms with E-state index in [1.807, 2.05) is 30.3 Å². The fourth-order valence-corrected chi connectivity index (χ4v) is 3.66. The average Bonchev–Trinajstić information content (AvgIpc) is 2.60. The van der Waals surface area contributed by atoms with Crippen molar-refractivity contribution in [3.63, 3.8) is 0 Å². The van der Waals surface area contributed by atoms with Gasteiger partial charge >= 0.3 is 0 Å². The third-order valence-electron chi connectivity index (χ3n) is 4.82. The molecule has 0 aliphatic heterocycles. The van der Waals surface area contributed by atoms with Gasteiger partial charge in [-0.15, -0.1) is 0 Å². The second-order valence-corrected chi connectivity index (χ2v) is 6.02. The molecule has 0 fully saturated rings. The van der Waals surface area contributed by atoms with Crippen molar-refractivity contribution in [2.24, 2.45) is 11.8 Å². The van der Waals surface area contributed by atoms with Crippen molar-refractivity contribution in [3.05, 3.63) is 77.4 Å². The lowest BCUT2D eigenvalue weighted by Gasteiger charge is -2.34. The zero-order valence-corrected chi connectivity index (χ0v) is 12.2. The topological polar surface area (TPSA) is 34.1 Å². The van der Waals surface area contributed by atoms with Crippen LogP contribution in [-0.4, -0.2) is 11.6 Å². The molecule has 0 radical (unpaired) electrons. The lowest BCUT2D eigenvalue weighted by atomic mass is 9.67. The van der Waals surface area contributed by atoms with Crippen LogP contribution in [0.25, 0.3) is 5.57 Å². The highest BCUT2D eigenvalue weighted by Crippen LogP contribution is 2.41. The monoisotopic (exact) mass is 288 g/mol. The maximum atomic E-state index is 12.8. The van der Waals surface area contributed by atoms with E-state index in [1.54, 1.807) is 12.1 Å². The second kappa shape index (κ2) is 5.06. The SMILES string of the molecule is O=C1c2ccccc2C(=O)[C@@H]2CC=C(c3ccccc3)C[C@H]12. The Morgan fingerprint density at radius 3 is 2.00 bits per heavy atom. The summed E-state index contributed by atoms with van der Waals surface area (Å²) in [6.45, 7) is 0. The minimum Gasteiger partial charge on any atom is -0.294 e. The predicted molar refractivity (Wildman–Crippen MR) is 85.7 cm³/mol. The molecule has 0 bridgehead atoms. The average molecular weight is 288 g/mol. The summed E-state index contributed by atoms with van der Waals surface area (Å²) in [4.78, 5) is 25.5. The Morgan fingerprint density at radius 1 is 0.727 bits per heavy atom. The van der Waals surface area contributed by atoms with Crippen molar-refractivity contribution < 1.29 is 9.59 Å². The number of hydrogen-bond acceptors (Lipinski definition) is 2. The summed E-state index contributed by atoms with van der Waals surface area (Å²) in [6.07, 6.45) is 3.46. The minimum atomic E-state index is -0.206. The van der Waals surface area contributed by atoms with Crippen LogP contribution >= 0.6 is 0 Å². The van der Waals surface area contributed by atoms with Gasteiger partial charge in [-0.2, -0.15) is 0 Å². The van der Waals surface area contributed by atoms with Crippen LogP contribution in [0.2, 0.25) is 0 Å². The molecule has 0 unspecified atom stereocenters. The molecule has 2 heteroatoms. The van der Waals surface area contributed by atoms with Crippen LogP contribution in [0.15, 0.2) is 60.7 Å². The van der Waals surface area contributed by atoms with Crippen LogP contribution in [0.3, 0.4) is 0 Å². The highest BCUT2D eigenvalue weighted by molar-refractivity contribution is 6.16. The van der Waals surface area contributed by atoms with Gasteiger partial charge in [0, 0.05) is 23.0 Å². The standard InChI is InChI=1S/C20H16O2/c21-19-15-8-4-5-9-16(15)20(22)18-12-14(10-11-17(18)19)13-6-2-1-3-7-13/h1-10,17-18H,11-12H2/t17-,18+/m1/s1. The molecule has 0 heterocycles. The number of ketones is 2. The molecule has 0 N–H and O–H groups in total. The molecule has 2 aromatic carbocycles. The Bertz CT molecular complexity index is 786. The number of fused-ring (bicyclic) bond motifs is 2. The highest BCUT2D eigenvalue weighted by atomic mass is 16.1. The van der Waals surface area contributed by atoms with Crippen LogP contribution in [0, 0.1) is 11.8 Å². The first-order valence-electron chi connectivity index (χ1n) is 7.67.